The van der Waals surface area contributed by atoms with Gasteiger partial charge in [-0.2, -0.15) is 0 Å². The summed E-state index contributed by atoms with van der Waals surface area (Å²) in [5, 5.41) is 5.56. The Labute approximate surface area is 90.5 Å². The highest BCUT2D eigenvalue weighted by atomic mass is 32.1. The number of nitrogens with one attached hydrogen (secondary N) is 1. The summed E-state index contributed by atoms with van der Waals surface area (Å²) in [5.74, 6) is 1.71. The first-order valence-corrected chi connectivity index (χ1v) is 6.39. The SMILES string of the molecule is CNCC1CCCC1c1sccc1C. The van der Waals surface area contributed by atoms with Gasteiger partial charge >= 0.3 is 0 Å². The zero-order chi connectivity index (χ0) is 9.97. The molecular formula is C12H19NS. The van der Waals surface area contributed by atoms with Crippen LogP contribution in [0.2, 0.25) is 0 Å². The average molecular weight is 209 g/mol. The number of aryl methyl sites for hydroxylation is 1. The molecule has 0 amide bonds. The average Bonchev–Trinajstić information content (AvgIpc) is 2.74. The summed E-state index contributed by atoms with van der Waals surface area (Å²) in [7, 11) is 2.07. The molecule has 78 valence electrons. The first-order chi connectivity index (χ1) is 6.83. The maximum absolute atomic E-state index is 3.33. The van der Waals surface area contributed by atoms with Crippen LogP contribution in [0, 0.1) is 12.8 Å². The van der Waals surface area contributed by atoms with Gasteiger partial charge in [-0.15, -0.1) is 11.3 Å². The fourth-order valence-corrected chi connectivity index (χ4v) is 3.81. The lowest BCUT2D eigenvalue weighted by molar-refractivity contribution is 0.466. The van der Waals surface area contributed by atoms with E-state index in [1.54, 1.807) is 4.88 Å². The maximum atomic E-state index is 3.33. The van der Waals surface area contributed by atoms with E-state index < -0.39 is 0 Å². The van der Waals surface area contributed by atoms with E-state index in [2.05, 4.69) is 30.7 Å². The minimum Gasteiger partial charge on any atom is -0.319 e. The molecular weight excluding hydrogens is 190 g/mol. The van der Waals surface area contributed by atoms with Crippen LogP contribution in [-0.4, -0.2) is 13.6 Å². The second-order valence-electron chi connectivity index (χ2n) is 4.32. The molecule has 2 atom stereocenters. The van der Waals surface area contributed by atoms with Crippen LogP contribution in [0.1, 0.15) is 35.6 Å². The third-order valence-corrected chi connectivity index (χ3v) is 4.51. The molecule has 0 aliphatic heterocycles. The number of hydrogen-bond acceptors (Lipinski definition) is 2. The predicted molar refractivity (Wildman–Crippen MR) is 63.1 cm³/mol. The van der Waals surface area contributed by atoms with Gasteiger partial charge in [0.1, 0.15) is 0 Å². The van der Waals surface area contributed by atoms with E-state index in [0.717, 1.165) is 11.8 Å². The second-order valence-corrected chi connectivity index (χ2v) is 5.27. The molecule has 1 N–H and O–H groups in total. The van der Waals surface area contributed by atoms with Gasteiger partial charge in [0.05, 0.1) is 0 Å². The Morgan fingerprint density at radius 3 is 3.00 bits per heavy atom. The molecule has 0 radical (unpaired) electrons. The van der Waals surface area contributed by atoms with Crippen LogP contribution in [-0.2, 0) is 0 Å². The van der Waals surface area contributed by atoms with Crippen molar-refractivity contribution in [2.75, 3.05) is 13.6 Å². The topological polar surface area (TPSA) is 12.0 Å². The lowest BCUT2D eigenvalue weighted by Crippen LogP contribution is -2.20. The summed E-state index contributed by atoms with van der Waals surface area (Å²) >= 11 is 1.95. The maximum Gasteiger partial charge on any atom is 0.0109 e. The summed E-state index contributed by atoms with van der Waals surface area (Å²) in [6.45, 7) is 3.43. The van der Waals surface area contributed by atoms with Crippen molar-refractivity contribution in [2.45, 2.75) is 32.1 Å². The Balaban J connectivity index is 2.13. The Hall–Kier alpha value is -0.340. The summed E-state index contributed by atoms with van der Waals surface area (Å²) in [6.07, 6.45) is 4.21. The van der Waals surface area contributed by atoms with Crippen LogP contribution in [0.25, 0.3) is 0 Å². The van der Waals surface area contributed by atoms with Crippen molar-refractivity contribution in [1.29, 1.82) is 0 Å². The molecule has 0 saturated heterocycles. The molecule has 1 aromatic heterocycles. The summed E-state index contributed by atoms with van der Waals surface area (Å²) in [6, 6.07) is 2.26. The van der Waals surface area contributed by atoms with E-state index in [0.29, 0.717) is 0 Å². The third-order valence-electron chi connectivity index (χ3n) is 3.36. The molecule has 1 aliphatic rings. The monoisotopic (exact) mass is 209 g/mol. The van der Waals surface area contributed by atoms with Crippen molar-refractivity contribution in [3.63, 3.8) is 0 Å². The Kier molecular flexibility index (Phi) is 3.24. The normalized spacial score (nSPS) is 27.0. The lowest BCUT2D eigenvalue weighted by Gasteiger charge is -2.18. The Bertz CT molecular complexity index is 292. The highest BCUT2D eigenvalue weighted by Gasteiger charge is 2.29. The molecule has 0 aromatic carbocycles. The van der Waals surface area contributed by atoms with Gasteiger partial charge in [-0.1, -0.05) is 6.42 Å². The first-order valence-electron chi connectivity index (χ1n) is 5.51. The highest BCUT2D eigenvalue weighted by molar-refractivity contribution is 7.10. The lowest BCUT2D eigenvalue weighted by atomic mass is 9.93. The van der Waals surface area contributed by atoms with E-state index in [1.807, 2.05) is 11.3 Å². The van der Waals surface area contributed by atoms with Gasteiger partial charge in [0.25, 0.3) is 0 Å². The molecule has 0 bridgehead atoms. The predicted octanol–water partition coefficient (Wildman–Crippen LogP) is 3.16. The van der Waals surface area contributed by atoms with Crippen molar-refractivity contribution >= 4 is 11.3 Å². The van der Waals surface area contributed by atoms with Gasteiger partial charge in [-0.3, -0.25) is 0 Å². The zero-order valence-corrected chi connectivity index (χ0v) is 9.86. The van der Waals surface area contributed by atoms with E-state index in [4.69, 9.17) is 0 Å². The van der Waals surface area contributed by atoms with Gasteiger partial charge < -0.3 is 5.32 Å². The quantitative estimate of drug-likeness (QED) is 0.806. The molecule has 0 spiro atoms. The minimum absolute atomic E-state index is 0.836. The summed E-state index contributed by atoms with van der Waals surface area (Å²) < 4.78 is 0. The van der Waals surface area contributed by atoms with Crippen LogP contribution < -0.4 is 5.32 Å². The van der Waals surface area contributed by atoms with Crippen LogP contribution in [0.3, 0.4) is 0 Å². The van der Waals surface area contributed by atoms with Crippen molar-refractivity contribution < 1.29 is 0 Å². The molecule has 2 unspecified atom stereocenters. The second kappa shape index (κ2) is 4.45. The zero-order valence-electron chi connectivity index (χ0n) is 9.05. The van der Waals surface area contributed by atoms with Gasteiger partial charge in [-0.25, -0.2) is 0 Å². The van der Waals surface area contributed by atoms with Gasteiger partial charge in [-0.05, 0) is 62.2 Å². The number of rotatable bonds is 3. The molecule has 1 heterocycles. The van der Waals surface area contributed by atoms with Gasteiger partial charge in [0.2, 0.25) is 0 Å². The Morgan fingerprint density at radius 1 is 1.50 bits per heavy atom. The summed E-state index contributed by atoms with van der Waals surface area (Å²) in [4.78, 5) is 1.64. The molecule has 1 aliphatic carbocycles. The fourth-order valence-electron chi connectivity index (χ4n) is 2.65. The Morgan fingerprint density at radius 2 is 2.36 bits per heavy atom. The van der Waals surface area contributed by atoms with E-state index >= 15 is 0 Å². The van der Waals surface area contributed by atoms with Crippen LogP contribution in [0.4, 0.5) is 0 Å². The molecule has 1 fully saturated rings. The number of thiophene rings is 1. The third kappa shape index (κ3) is 1.86. The van der Waals surface area contributed by atoms with Crippen molar-refractivity contribution in [3.05, 3.63) is 21.9 Å². The smallest absolute Gasteiger partial charge is 0.0109 e. The van der Waals surface area contributed by atoms with E-state index in [9.17, 15) is 0 Å². The van der Waals surface area contributed by atoms with Crippen LogP contribution >= 0.6 is 11.3 Å². The van der Waals surface area contributed by atoms with Crippen molar-refractivity contribution in [1.82, 2.24) is 5.32 Å². The minimum atomic E-state index is 0.836. The molecule has 2 rings (SSSR count). The molecule has 14 heavy (non-hydrogen) atoms. The number of hydrogen-bond donors (Lipinski definition) is 1. The molecule has 1 aromatic rings. The van der Waals surface area contributed by atoms with Crippen LogP contribution in [0.5, 0.6) is 0 Å². The van der Waals surface area contributed by atoms with Crippen molar-refractivity contribution in [3.8, 4) is 0 Å². The van der Waals surface area contributed by atoms with Crippen molar-refractivity contribution in [2.24, 2.45) is 5.92 Å². The highest BCUT2D eigenvalue weighted by Crippen LogP contribution is 2.42. The largest absolute Gasteiger partial charge is 0.319 e. The van der Waals surface area contributed by atoms with Gasteiger partial charge in [0.15, 0.2) is 0 Å². The van der Waals surface area contributed by atoms with E-state index in [1.165, 1.54) is 31.4 Å². The standard InChI is InChI=1S/C12H19NS/c1-9-6-7-14-12(9)11-5-3-4-10(11)8-13-2/h6-7,10-11,13H,3-5,8H2,1-2H3. The molecule has 1 nitrogen and oxygen atoms in total. The molecule has 1 saturated carbocycles. The first kappa shape index (κ1) is 10.2. The fraction of sp³-hybridized carbons (Fsp3) is 0.667. The van der Waals surface area contributed by atoms with Crippen LogP contribution in [0.15, 0.2) is 11.4 Å². The van der Waals surface area contributed by atoms with Gasteiger partial charge in [0, 0.05) is 4.88 Å². The molecule has 2 heteroatoms. The summed E-state index contributed by atoms with van der Waals surface area (Å²) in [5.41, 5.74) is 1.50. The van der Waals surface area contributed by atoms with E-state index in [-0.39, 0.29) is 0 Å².